The molecule has 0 saturated carbocycles. The summed E-state index contributed by atoms with van der Waals surface area (Å²) in [7, 11) is -3.90. The number of hydrogen-bond donors (Lipinski definition) is 2. The highest BCUT2D eigenvalue weighted by atomic mass is 32.2. The van der Waals surface area contributed by atoms with Crippen molar-refractivity contribution in [1.29, 1.82) is 0 Å². The first-order valence-electron chi connectivity index (χ1n) is 6.12. The van der Waals surface area contributed by atoms with Gasteiger partial charge < -0.3 is 5.11 Å². The molecule has 0 aliphatic heterocycles. The van der Waals surface area contributed by atoms with Crippen LogP contribution in [0.25, 0.3) is 0 Å². The molecule has 0 saturated heterocycles. The molecule has 1 atom stereocenters. The summed E-state index contributed by atoms with van der Waals surface area (Å²) < 4.78 is 26.2. The van der Waals surface area contributed by atoms with E-state index >= 15 is 0 Å². The van der Waals surface area contributed by atoms with Crippen LogP contribution in [0.1, 0.15) is 18.9 Å². The van der Waals surface area contributed by atoms with Gasteiger partial charge in [-0.25, -0.2) is 13.1 Å². The molecule has 0 fully saturated rings. The molecule has 1 aromatic carbocycles. The summed E-state index contributed by atoms with van der Waals surface area (Å²) in [6.45, 7) is 2.92. The highest BCUT2D eigenvalue weighted by Crippen LogP contribution is 2.22. The van der Waals surface area contributed by atoms with Crippen molar-refractivity contribution in [3.05, 3.63) is 33.9 Å². The molecular weight excluding hydrogens is 300 g/mol. The highest BCUT2D eigenvalue weighted by Gasteiger charge is 2.20. The van der Waals surface area contributed by atoms with Gasteiger partial charge in [0, 0.05) is 18.2 Å². The van der Waals surface area contributed by atoms with E-state index < -0.39 is 26.8 Å². The van der Waals surface area contributed by atoms with E-state index in [9.17, 15) is 23.3 Å². The van der Waals surface area contributed by atoms with Gasteiger partial charge in [0.2, 0.25) is 10.0 Å². The van der Waals surface area contributed by atoms with Gasteiger partial charge in [-0.15, -0.1) is 0 Å². The average molecular weight is 316 g/mol. The largest absolute Gasteiger partial charge is 0.481 e. The van der Waals surface area contributed by atoms with Crippen molar-refractivity contribution >= 4 is 21.7 Å². The minimum absolute atomic E-state index is 0.0581. The Kier molecular flexibility index (Phi) is 5.39. The third kappa shape index (κ3) is 4.50. The molecular formula is C12H16N2O6S. The molecule has 0 bridgehead atoms. The zero-order valence-corrected chi connectivity index (χ0v) is 12.4. The Morgan fingerprint density at radius 2 is 2.10 bits per heavy atom. The third-order valence-corrected chi connectivity index (χ3v) is 4.44. The lowest BCUT2D eigenvalue weighted by molar-refractivity contribution is -0.385. The maximum atomic E-state index is 12.0. The van der Waals surface area contributed by atoms with Gasteiger partial charge >= 0.3 is 5.97 Å². The van der Waals surface area contributed by atoms with Crippen LogP contribution in [-0.2, 0) is 14.8 Å². The molecule has 0 aliphatic carbocycles. The van der Waals surface area contributed by atoms with Gasteiger partial charge in [-0.3, -0.25) is 14.9 Å². The molecule has 116 valence electrons. The first-order chi connectivity index (χ1) is 9.65. The molecule has 0 spiro atoms. The van der Waals surface area contributed by atoms with Crippen molar-refractivity contribution in [3.8, 4) is 0 Å². The number of rotatable bonds is 7. The Hall–Kier alpha value is -2.00. The van der Waals surface area contributed by atoms with E-state index in [0.29, 0.717) is 5.56 Å². The average Bonchev–Trinajstić information content (AvgIpc) is 2.38. The predicted molar refractivity (Wildman–Crippen MR) is 74.4 cm³/mol. The number of nitro groups is 1. The Balaban J connectivity index is 2.86. The van der Waals surface area contributed by atoms with Crippen LogP contribution in [0, 0.1) is 23.0 Å². The number of aliphatic carboxylic acids is 1. The standard InChI is InChI=1S/C12H16N2O6S/c1-8-3-4-10(7-11(8)14(17)18)21(19,20)13-6-5-9(2)12(15)16/h3-4,7,9,13H,5-6H2,1-2H3,(H,15,16). The van der Waals surface area contributed by atoms with Gasteiger partial charge in [0.05, 0.1) is 15.7 Å². The van der Waals surface area contributed by atoms with Crippen LogP contribution in [0.2, 0.25) is 0 Å². The van der Waals surface area contributed by atoms with Crippen molar-refractivity contribution in [2.75, 3.05) is 6.54 Å². The van der Waals surface area contributed by atoms with Gasteiger partial charge in [0.1, 0.15) is 0 Å². The minimum atomic E-state index is -3.90. The fourth-order valence-electron chi connectivity index (χ4n) is 1.57. The van der Waals surface area contributed by atoms with Crippen LogP contribution in [-0.4, -0.2) is 31.0 Å². The Morgan fingerprint density at radius 3 is 2.62 bits per heavy atom. The van der Waals surface area contributed by atoms with E-state index in [4.69, 9.17) is 5.11 Å². The molecule has 1 rings (SSSR count). The van der Waals surface area contributed by atoms with Crippen molar-refractivity contribution in [3.63, 3.8) is 0 Å². The second-order valence-electron chi connectivity index (χ2n) is 4.63. The Labute approximate surface area is 122 Å². The van der Waals surface area contributed by atoms with Crippen LogP contribution in [0.5, 0.6) is 0 Å². The number of sulfonamides is 1. The van der Waals surface area contributed by atoms with Crippen LogP contribution in [0.4, 0.5) is 5.69 Å². The molecule has 0 heterocycles. The number of nitro benzene ring substituents is 1. The number of aryl methyl sites for hydroxylation is 1. The normalized spacial score (nSPS) is 12.9. The van der Waals surface area contributed by atoms with Crippen molar-refractivity contribution in [2.45, 2.75) is 25.2 Å². The smallest absolute Gasteiger partial charge is 0.306 e. The molecule has 9 heteroatoms. The van der Waals surface area contributed by atoms with Crippen LogP contribution in [0.15, 0.2) is 23.1 Å². The van der Waals surface area contributed by atoms with E-state index in [0.717, 1.165) is 6.07 Å². The Bertz CT molecular complexity index is 656. The van der Waals surface area contributed by atoms with E-state index in [1.807, 2.05) is 0 Å². The molecule has 2 N–H and O–H groups in total. The summed E-state index contributed by atoms with van der Waals surface area (Å²) in [4.78, 5) is 20.6. The lowest BCUT2D eigenvalue weighted by atomic mass is 10.1. The maximum Gasteiger partial charge on any atom is 0.306 e. The van der Waals surface area contributed by atoms with Gasteiger partial charge in [0.15, 0.2) is 0 Å². The molecule has 1 unspecified atom stereocenters. The molecule has 0 radical (unpaired) electrons. The summed E-state index contributed by atoms with van der Waals surface area (Å²) in [6.07, 6.45) is 0.127. The third-order valence-electron chi connectivity index (χ3n) is 2.98. The van der Waals surface area contributed by atoms with Gasteiger partial charge in [-0.05, 0) is 19.4 Å². The van der Waals surface area contributed by atoms with Crippen LogP contribution < -0.4 is 4.72 Å². The van der Waals surface area contributed by atoms with Crippen molar-refractivity contribution < 1.29 is 23.2 Å². The number of nitrogens with one attached hydrogen (secondary N) is 1. The second kappa shape index (κ2) is 6.64. The number of nitrogens with zero attached hydrogens (tertiary/aromatic N) is 1. The lowest BCUT2D eigenvalue weighted by Crippen LogP contribution is -2.27. The SMILES string of the molecule is Cc1ccc(S(=O)(=O)NCCC(C)C(=O)O)cc1[N+](=O)[O-]. The highest BCUT2D eigenvalue weighted by molar-refractivity contribution is 7.89. The van der Waals surface area contributed by atoms with Crippen molar-refractivity contribution in [1.82, 2.24) is 4.72 Å². The maximum absolute atomic E-state index is 12.0. The van der Waals surface area contributed by atoms with Gasteiger partial charge in [0.25, 0.3) is 5.69 Å². The fraction of sp³-hybridized carbons (Fsp3) is 0.417. The quantitative estimate of drug-likeness (QED) is 0.576. The number of carboxylic acid groups (broad SMARTS) is 1. The number of benzene rings is 1. The monoisotopic (exact) mass is 316 g/mol. The molecule has 8 nitrogen and oxygen atoms in total. The van der Waals surface area contributed by atoms with Gasteiger partial charge in [-0.1, -0.05) is 13.0 Å². The van der Waals surface area contributed by atoms with E-state index in [1.54, 1.807) is 0 Å². The summed E-state index contributed by atoms with van der Waals surface area (Å²) in [6, 6.07) is 3.61. The van der Waals surface area contributed by atoms with E-state index in [2.05, 4.69) is 4.72 Å². The summed E-state index contributed by atoms with van der Waals surface area (Å²) >= 11 is 0. The zero-order valence-electron chi connectivity index (χ0n) is 11.6. The topological polar surface area (TPSA) is 127 Å². The first-order valence-corrected chi connectivity index (χ1v) is 7.61. The molecule has 0 aromatic heterocycles. The molecule has 0 aliphatic rings. The zero-order chi connectivity index (χ0) is 16.2. The summed E-state index contributed by atoms with van der Waals surface area (Å²) in [5.74, 6) is -1.69. The molecule has 0 amide bonds. The van der Waals surface area contributed by atoms with Crippen LogP contribution >= 0.6 is 0 Å². The van der Waals surface area contributed by atoms with Crippen LogP contribution in [0.3, 0.4) is 0 Å². The lowest BCUT2D eigenvalue weighted by Gasteiger charge is -2.09. The predicted octanol–water partition coefficient (Wildman–Crippen LogP) is 1.29. The van der Waals surface area contributed by atoms with Crippen molar-refractivity contribution in [2.24, 2.45) is 5.92 Å². The summed E-state index contributed by atoms with van der Waals surface area (Å²) in [5.41, 5.74) is 0.0789. The van der Waals surface area contributed by atoms with E-state index in [-0.39, 0.29) is 23.5 Å². The van der Waals surface area contributed by atoms with Gasteiger partial charge in [-0.2, -0.15) is 0 Å². The fourth-order valence-corrected chi connectivity index (χ4v) is 2.64. The minimum Gasteiger partial charge on any atom is -0.481 e. The molecule has 21 heavy (non-hydrogen) atoms. The molecule has 1 aromatic rings. The number of hydrogen-bond acceptors (Lipinski definition) is 5. The van der Waals surface area contributed by atoms with E-state index in [1.165, 1.54) is 26.0 Å². The number of carboxylic acids is 1. The second-order valence-corrected chi connectivity index (χ2v) is 6.40. The number of carbonyl (C=O) groups is 1. The Morgan fingerprint density at radius 1 is 1.48 bits per heavy atom. The first kappa shape index (κ1) is 17.1. The summed E-state index contributed by atoms with van der Waals surface area (Å²) in [5, 5.41) is 19.5.